The summed E-state index contributed by atoms with van der Waals surface area (Å²) in [5, 5.41) is 0. The molecule has 1 heterocycles. The highest BCUT2D eigenvalue weighted by Gasteiger charge is 2.58. The van der Waals surface area contributed by atoms with Gasteiger partial charge in [0.15, 0.2) is 0 Å². The SMILES string of the molecule is CC(C)(C)N1CC2CC2(N)C1. The average molecular weight is 154 g/mol. The fourth-order valence-corrected chi connectivity index (χ4v) is 2.04. The Morgan fingerprint density at radius 1 is 1.45 bits per heavy atom. The summed E-state index contributed by atoms with van der Waals surface area (Å²) in [5.74, 6) is 0.807. The van der Waals surface area contributed by atoms with Crippen molar-refractivity contribution < 1.29 is 0 Å². The maximum Gasteiger partial charge on any atom is 0.0329 e. The molecule has 0 spiro atoms. The van der Waals surface area contributed by atoms with Crippen molar-refractivity contribution in [3.63, 3.8) is 0 Å². The number of nitrogens with zero attached hydrogens (tertiary/aromatic N) is 1. The highest BCUT2D eigenvalue weighted by molar-refractivity contribution is 5.16. The smallest absolute Gasteiger partial charge is 0.0329 e. The molecule has 0 radical (unpaired) electrons. The summed E-state index contributed by atoms with van der Waals surface area (Å²) in [5.41, 5.74) is 6.63. The Labute approximate surface area is 68.7 Å². The summed E-state index contributed by atoms with van der Waals surface area (Å²) in [7, 11) is 0. The third-order valence-corrected chi connectivity index (χ3v) is 3.15. The van der Waals surface area contributed by atoms with Crippen molar-refractivity contribution in [2.45, 2.75) is 38.3 Å². The van der Waals surface area contributed by atoms with E-state index in [0.29, 0.717) is 5.54 Å². The lowest BCUT2D eigenvalue weighted by Gasteiger charge is -2.33. The molecule has 0 aromatic carbocycles. The summed E-state index contributed by atoms with van der Waals surface area (Å²) in [6.07, 6.45) is 1.26. The van der Waals surface area contributed by atoms with E-state index in [1.54, 1.807) is 0 Å². The van der Waals surface area contributed by atoms with E-state index in [1.165, 1.54) is 13.0 Å². The Bertz CT molecular complexity index is 182. The van der Waals surface area contributed by atoms with Crippen LogP contribution in [0.5, 0.6) is 0 Å². The van der Waals surface area contributed by atoms with Gasteiger partial charge < -0.3 is 5.73 Å². The molecule has 2 heteroatoms. The second kappa shape index (κ2) is 1.80. The molecule has 0 aromatic rings. The summed E-state index contributed by atoms with van der Waals surface area (Å²) >= 11 is 0. The predicted octanol–water partition coefficient (Wildman–Crippen LogP) is 0.818. The largest absolute Gasteiger partial charge is 0.324 e. The fraction of sp³-hybridized carbons (Fsp3) is 1.00. The zero-order valence-electron chi connectivity index (χ0n) is 7.72. The molecule has 2 N–H and O–H groups in total. The van der Waals surface area contributed by atoms with E-state index in [-0.39, 0.29) is 5.54 Å². The molecular formula is C9H18N2. The molecule has 2 atom stereocenters. The lowest BCUT2D eigenvalue weighted by molar-refractivity contribution is 0.153. The van der Waals surface area contributed by atoms with Crippen molar-refractivity contribution in [2.75, 3.05) is 13.1 Å². The van der Waals surface area contributed by atoms with Gasteiger partial charge in [-0.2, -0.15) is 0 Å². The highest BCUT2D eigenvalue weighted by atomic mass is 15.3. The molecule has 0 aromatic heterocycles. The maximum absolute atomic E-state index is 6.10. The van der Waals surface area contributed by atoms with Crippen LogP contribution in [0.1, 0.15) is 27.2 Å². The van der Waals surface area contributed by atoms with Crippen molar-refractivity contribution >= 4 is 0 Å². The Kier molecular flexibility index (Phi) is 1.24. The molecule has 1 aliphatic heterocycles. The summed E-state index contributed by atoms with van der Waals surface area (Å²) in [6.45, 7) is 9.13. The maximum atomic E-state index is 6.10. The molecule has 2 rings (SSSR count). The van der Waals surface area contributed by atoms with Crippen molar-refractivity contribution in [1.82, 2.24) is 4.90 Å². The van der Waals surface area contributed by atoms with Crippen LogP contribution >= 0.6 is 0 Å². The third kappa shape index (κ3) is 1.09. The summed E-state index contributed by atoms with van der Waals surface area (Å²) < 4.78 is 0. The highest BCUT2D eigenvalue weighted by Crippen LogP contribution is 2.48. The topological polar surface area (TPSA) is 29.3 Å². The molecule has 2 fully saturated rings. The first-order valence-corrected chi connectivity index (χ1v) is 4.46. The van der Waals surface area contributed by atoms with Crippen molar-refractivity contribution in [2.24, 2.45) is 11.7 Å². The van der Waals surface area contributed by atoms with E-state index >= 15 is 0 Å². The Hall–Kier alpha value is -0.0800. The van der Waals surface area contributed by atoms with Crippen molar-refractivity contribution in [3.05, 3.63) is 0 Å². The second-order valence-corrected chi connectivity index (χ2v) is 5.19. The first kappa shape index (κ1) is 7.56. The van der Waals surface area contributed by atoms with Crippen molar-refractivity contribution in [3.8, 4) is 0 Å². The molecule has 0 bridgehead atoms. The number of hydrogen-bond donors (Lipinski definition) is 1. The molecule has 2 nitrogen and oxygen atoms in total. The molecular weight excluding hydrogens is 136 g/mol. The van der Waals surface area contributed by atoms with Crippen LogP contribution in [0.25, 0.3) is 0 Å². The lowest BCUT2D eigenvalue weighted by atomic mass is 10.1. The summed E-state index contributed by atoms with van der Waals surface area (Å²) in [6, 6.07) is 0. The molecule has 11 heavy (non-hydrogen) atoms. The normalized spacial score (nSPS) is 44.2. The monoisotopic (exact) mass is 154 g/mol. The number of fused-ring (bicyclic) bond motifs is 1. The van der Waals surface area contributed by atoms with Crippen LogP contribution in [0.3, 0.4) is 0 Å². The molecule has 1 saturated heterocycles. The second-order valence-electron chi connectivity index (χ2n) is 5.19. The van der Waals surface area contributed by atoms with Gasteiger partial charge in [0, 0.05) is 24.2 Å². The number of likely N-dealkylation sites (tertiary alicyclic amines) is 1. The Morgan fingerprint density at radius 3 is 2.36 bits per heavy atom. The van der Waals surface area contributed by atoms with Gasteiger partial charge in [0.2, 0.25) is 0 Å². The minimum atomic E-state index is 0.216. The Balaban J connectivity index is 2.03. The van der Waals surface area contributed by atoms with E-state index in [2.05, 4.69) is 25.7 Å². The van der Waals surface area contributed by atoms with E-state index in [4.69, 9.17) is 5.73 Å². The summed E-state index contributed by atoms with van der Waals surface area (Å²) in [4.78, 5) is 2.50. The van der Waals surface area contributed by atoms with Gasteiger partial charge in [-0.25, -0.2) is 0 Å². The van der Waals surface area contributed by atoms with Crippen LogP contribution in [0.15, 0.2) is 0 Å². The standard InChI is InChI=1S/C9H18N2/c1-8(2,3)11-5-7-4-9(7,10)6-11/h7H,4-6,10H2,1-3H3. The quantitative estimate of drug-likeness (QED) is 0.559. The third-order valence-electron chi connectivity index (χ3n) is 3.15. The van der Waals surface area contributed by atoms with Crippen LogP contribution in [0.4, 0.5) is 0 Å². The van der Waals surface area contributed by atoms with Crippen LogP contribution in [0.2, 0.25) is 0 Å². The Morgan fingerprint density at radius 2 is 2.09 bits per heavy atom. The lowest BCUT2D eigenvalue weighted by Crippen LogP contribution is -2.44. The minimum absolute atomic E-state index is 0.216. The number of rotatable bonds is 0. The molecule has 64 valence electrons. The van der Waals surface area contributed by atoms with Gasteiger partial charge in [0.1, 0.15) is 0 Å². The van der Waals surface area contributed by atoms with E-state index in [0.717, 1.165) is 12.5 Å². The molecule has 0 amide bonds. The molecule has 2 unspecified atom stereocenters. The zero-order chi connectivity index (χ0) is 8.28. The van der Waals surface area contributed by atoms with Crippen LogP contribution < -0.4 is 5.73 Å². The molecule has 1 aliphatic carbocycles. The minimum Gasteiger partial charge on any atom is -0.324 e. The number of nitrogens with two attached hydrogens (primary N) is 1. The average Bonchev–Trinajstić information content (AvgIpc) is 2.30. The van der Waals surface area contributed by atoms with E-state index in [9.17, 15) is 0 Å². The van der Waals surface area contributed by atoms with Gasteiger partial charge in [0.05, 0.1) is 0 Å². The van der Waals surface area contributed by atoms with Crippen LogP contribution in [0, 0.1) is 5.92 Å². The van der Waals surface area contributed by atoms with Gasteiger partial charge in [-0.05, 0) is 33.1 Å². The van der Waals surface area contributed by atoms with Crippen LogP contribution in [-0.4, -0.2) is 29.1 Å². The van der Waals surface area contributed by atoms with Gasteiger partial charge in [-0.1, -0.05) is 0 Å². The zero-order valence-corrected chi connectivity index (χ0v) is 7.72. The fourth-order valence-electron chi connectivity index (χ4n) is 2.04. The first-order valence-electron chi connectivity index (χ1n) is 4.46. The number of hydrogen-bond acceptors (Lipinski definition) is 2. The predicted molar refractivity (Wildman–Crippen MR) is 46.4 cm³/mol. The van der Waals surface area contributed by atoms with Gasteiger partial charge in [0.25, 0.3) is 0 Å². The number of piperidine rings is 1. The van der Waals surface area contributed by atoms with E-state index in [1.807, 2.05) is 0 Å². The first-order chi connectivity index (χ1) is 4.92. The van der Waals surface area contributed by atoms with Gasteiger partial charge in [-0.3, -0.25) is 4.90 Å². The van der Waals surface area contributed by atoms with Gasteiger partial charge >= 0.3 is 0 Å². The van der Waals surface area contributed by atoms with Gasteiger partial charge in [-0.15, -0.1) is 0 Å². The van der Waals surface area contributed by atoms with Crippen molar-refractivity contribution in [1.29, 1.82) is 0 Å². The van der Waals surface area contributed by atoms with Crippen LogP contribution in [-0.2, 0) is 0 Å². The van der Waals surface area contributed by atoms with E-state index < -0.39 is 0 Å². The molecule has 1 saturated carbocycles. The molecule has 2 aliphatic rings.